The summed E-state index contributed by atoms with van der Waals surface area (Å²) in [7, 11) is 3.67. The molecule has 5 aromatic heterocycles. The lowest BCUT2D eigenvalue weighted by Crippen LogP contribution is -2.27. The van der Waals surface area contributed by atoms with Crippen molar-refractivity contribution in [3.63, 3.8) is 0 Å². The van der Waals surface area contributed by atoms with E-state index in [1.807, 2.05) is 25.1 Å². The number of thiazole rings is 1. The average Bonchev–Trinajstić information content (AvgIpc) is 3.71. The molecular formula is C24H20ClN7O3S3. The highest BCUT2D eigenvalue weighted by Crippen LogP contribution is 2.26. The van der Waals surface area contributed by atoms with Crippen LogP contribution in [0.25, 0.3) is 11.3 Å². The zero-order valence-corrected chi connectivity index (χ0v) is 23.3. The van der Waals surface area contributed by atoms with Crippen LogP contribution in [0.3, 0.4) is 0 Å². The van der Waals surface area contributed by atoms with E-state index in [2.05, 4.69) is 19.8 Å². The average molecular weight is 586 g/mol. The fraction of sp³-hybridized carbons (Fsp3) is 0.167. The minimum atomic E-state index is -0.403. The first-order chi connectivity index (χ1) is 18.3. The number of rotatable bonds is 9. The fourth-order valence-electron chi connectivity index (χ4n) is 3.60. The lowest BCUT2D eigenvalue weighted by molar-refractivity contribution is 0.0949. The molecule has 0 amide bonds. The van der Waals surface area contributed by atoms with E-state index in [0.717, 1.165) is 16.4 Å². The maximum absolute atomic E-state index is 13.6. The Bertz CT molecular complexity index is 1650. The van der Waals surface area contributed by atoms with Crippen LogP contribution >= 0.6 is 45.8 Å². The van der Waals surface area contributed by atoms with E-state index >= 15 is 0 Å². The molecule has 1 N–H and O–H groups in total. The largest absolute Gasteiger partial charge is 0.376 e. The van der Waals surface area contributed by atoms with Crippen molar-refractivity contribution >= 4 is 69.0 Å². The lowest BCUT2D eigenvalue weighted by atomic mass is 10.1. The smallest absolute Gasteiger partial charge is 0.291 e. The number of hydrogen-bond acceptors (Lipinski definition) is 11. The molecule has 0 unspecified atom stereocenters. The number of carbonyl (C=O) groups is 2. The molecule has 0 atom stereocenters. The predicted molar refractivity (Wildman–Crippen MR) is 151 cm³/mol. The predicted octanol–water partition coefficient (Wildman–Crippen LogP) is 4.59. The van der Waals surface area contributed by atoms with E-state index in [-0.39, 0.29) is 23.8 Å². The van der Waals surface area contributed by atoms with Crippen molar-refractivity contribution in [3.8, 4) is 11.3 Å². The van der Waals surface area contributed by atoms with Crippen LogP contribution < -0.4 is 15.8 Å². The summed E-state index contributed by atoms with van der Waals surface area (Å²) in [5, 5.41) is 7.76. The standard InChI is InChI=1S/C24H20ClN7O3S3/c1-30(2)14-7-16(23(34)31(11-14)12-18(33)20-10-26-13-36-20)17-8-22(27-9-15-3-4-21(25)37-15)32(29-17)24(35)19-5-6-28-38-19/h3-8,10-11,13,27H,9,12H2,1-2H3. The summed E-state index contributed by atoms with van der Waals surface area (Å²) in [6, 6.07) is 8.66. The van der Waals surface area contributed by atoms with Gasteiger partial charge < -0.3 is 14.8 Å². The molecule has 14 heteroatoms. The Hall–Kier alpha value is -3.65. The van der Waals surface area contributed by atoms with Crippen molar-refractivity contribution in [3.05, 3.63) is 83.8 Å². The molecule has 0 aromatic carbocycles. The highest BCUT2D eigenvalue weighted by Gasteiger charge is 2.22. The minimum absolute atomic E-state index is 0.152. The van der Waals surface area contributed by atoms with Gasteiger partial charge in [-0.3, -0.25) is 19.4 Å². The molecule has 0 aliphatic carbocycles. The van der Waals surface area contributed by atoms with Gasteiger partial charge in [-0.1, -0.05) is 11.6 Å². The number of carbonyl (C=O) groups excluding carboxylic acids is 2. The van der Waals surface area contributed by atoms with Crippen molar-refractivity contribution in [2.24, 2.45) is 0 Å². The van der Waals surface area contributed by atoms with Crippen LogP contribution in [0.1, 0.15) is 24.2 Å². The van der Waals surface area contributed by atoms with Gasteiger partial charge in [0.25, 0.3) is 11.5 Å². The van der Waals surface area contributed by atoms with Crippen LogP contribution in [-0.2, 0) is 13.1 Å². The first kappa shape index (κ1) is 26.0. The van der Waals surface area contributed by atoms with E-state index in [9.17, 15) is 14.4 Å². The van der Waals surface area contributed by atoms with E-state index in [1.54, 1.807) is 42.2 Å². The number of nitrogens with one attached hydrogen (secondary N) is 1. The second-order valence-electron chi connectivity index (χ2n) is 8.30. The molecule has 5 aromatic rings. The van der Waals surface area contributed by atoms with Gasteiger partial charge in [0, 0.05) is 43.6 Å². The first-order valence-corrected chi connectivity index (χ1v) is 14.0. The molecule has 5 heterocycles. The van der Waals surface area contributed by atoms with Crippen LogP contribution in [0.15, 0.2) is 59.2 Å². The second-order valence-corrected chi connectivity index (χ2v) is 11.8. The summed E-state index contributed by atoms with van der Waals surface area (Å²) >= 11 is 9.76. The van der Waals surface area contributed by atoms with Crippen LogP contribution in [0.4, 0.5) is 11.5 Å². The molecule has 0 bridgehead atoms. The number of aromatic nitrogens is 5. The van der Waals surface area contributed by atoms with Gasteiger partial charge >= 0.3 is 0 Å². The van der Waals surface area contributed by atoms with Gasteiger partial charge in [-0.2, -0.15) is 9.78 Å². The number of pyridine rings is 1. The second kappa shape index (κ2) is 11.0. The highest BCUT2D eigenvalue weighted by atomic mass is 35.5. The van der Waals surface area contributed by atoms with Crippen LogP contribution in [0.2, 0.25) is 4.34 Å². The summed E-state index contributed by atoms with van der Waals surface area (Å²) < 4.78 is 7.26. The fourth-order valence-corrected chi connectivity index (χ4v) is 5.70. The van der Waals surface area contributed by atoms with Crippen molar-refractivity contribution < 1.29 is 9.59 Å². The molecule has 5 rings (SSSR count). The van der Waals surface area contributed by atoms with Gasteiger partial charge in [0.15, 0.2) is 5.78 Å². The Balaban J connectivity index is 1.56. The Morgan fingerprint density at radius 2 is 2.00 bits per heavy atom. The summed E-state index contributed by atoms with van der Waals surface area (Å²) in [5.74, 6) is -0.195. The monoisotopic (exact) mass is 585 g/mol. The lowest BCUT2D eigenvalue weighted by Gasteiger charge is -2.16. The van der Waals surface area contributed by atoms with Crippen molar-refractivity contribution in [1.29, 1.82) is 0 Å². The molecule has 0 fully saturated rings. The van der Waals surface area contributed by atoms with Crippen LogP contribution in [0, 0.1) is 0 Å². The Morgan fingerprint density at radius 1 is 1.16 bits per heavy atom. The summed E-state index contributed by atoms with van der Waals surface area (Å²) in [6.45, 7) is 0.254. The molecule has 0 spiro atoms. The van der Waals surface area contributed by atoms with Gasteiger partial charge in [0.2, 0.25) is 0 Å². The number of halogens is 1. The molecule has 0 saturated heterocycles. The topological polar surface area (TPSA) is 115 Å². The van der Waals surface area contributed by atoms with E-state index in [4.69, 9.17) is 11.6 Å². The van der Waals surface area contributed by atoms with Gasteiger partial charge in [-0.25, -0.2) is 4.37 Å². The number of anilines is 2. The summed E-state index contributed by atoms with van der Waals surface area (Å²) in [5.41, 5.74) is 2.42. The number of nitrogens with zero attached hydrogens (tertiary/aromatic N) is 6. The van der Waals surface area contributed by atoms with Gasteiger partial charge in [-0.15, -0.1) is 22.7 Å². The Kier molecular flexibility index (Phi) is 7.51. The number of Topliss-reactive ketones (excluding diaryl/α,β-unsaturated/α-hetero) is 1. The molecule has 0 saturated carbocycles. The van der Waals surface area contributed by atoms with E-state index in [0.29, 0.717) is 37.8 Å². The normalized spacial score (nSPS) is 11.0. The van der Waals surface area contributed by atoms with Gasteiger partial charge in [0.05, 0.1) is 39.1 Å². The Morgan fingerprint density at radius 3 is 2.66 bits per heavy atom. The van der Waals surface area contributed by atoms with Crippen molar-refractivity contribution in [2.45, 2.75) is 13.1 Å². The molecule has 194 valence electrons. The number of thiophene rings is 1. The zero-order valence-electron chi connectivity index (χ0n) is 20.1. The maximum Gasteiger partial charge on any atom is 0.291 e. The maximum atomic E-state index is 13.6. The van der Waals surface area contributed by atoms with Gasteiger partial charge in [-0.05, 0) is 35.8 Å². The van der Waals surface area contributed by atoms with Crippen LogP contribution in [0.5, 0.6) is 0 Å². The van der Waals surface area contributed by atoms with Crippen LogP contribution in [-0.4, -0.2) is 49.5 Å². The first-order valence-electron chi connectivity index (χ1n) is 11.2. The number of ketones is 1. The highest BCUT2D eigenvalue weighted by molar-refractivity contribution is 7.16. The van der Waals surface area contributed by atoms with E-state index < -0.39 is 5.56 Å². The Labute approximate surface area is 233 Å². The molecule has 0 radical (unpaired) electrons. The SMILES string of the molecule is CN(C)c1cc(-c2cc(NCc3ccc(Cl)s3)n(C(=O)c3ccns3)n2)c(=O)n(CC(=O)c2cncs2)c1. The third-order valence-corrected chi connectivity index (χ3v) is 8.29. The quantitative estimate of drug-likeness (QED) is 0.250. The molecule has 38 heavy (non-hydrogen) atoms. The molecule has 0 aliphatic heterocycles. The molecular weight excluding hydrogens is 566 g/mol. The van der Waals surface area contributed by atoms with Crippen molar-refractivity contribution in [1.82, 2.24) is 23.7 Å². The number of hydrogen-bond donors (Lipinski definition) is 1. The molecule has 0 aliphatic rings. The third kappa shape index (κ3) is 5.45. The van der Waals surface area contributed by atoms with Gasteiger partial charge in [0.1, 0.15) is 16.4 Å². The third-order valence-electron chi connectivity index (χ3n) is 5.51. The summed E-state index contributed by atoms with van der Waals surface area (Å²) in [6.07, 6.45) is 4.66. The minimum Gasteiger partial charge on any atom is -0.376 e. The molecule has 10 nitrogen and oxygen atoms in total. The van der Waals surface area contributed by atoms with Crippen molar-refractivity contribution in [2.75, 3.05) is 24.3 Å². The zero-order chi connectivity index (χ0) is 26.8. The van der Waals surface area contributed by atoms with E-state index in [1.165, 1.54) is 38.1 Å². The summed E-state index contributed by atoms with van der Waals surface area (Å²) in [4.78, 5) is 47.2.